The number of para-hydroxylation sites is 1. The molecule has 0 aliphatic heterocycles. The number of nitrogens with one attached hydrogen (secondary N) is 3. The van der Waals surface area contributed by atoms with E-state index in [0.717, 1.165) is 0 Å². The largest absolute Gasteiger partial charge is 0.490 e. The van der Waals surface area contributed by atoms with E-state index < -0.39 is 6.61 Å². The third-order valence-corrected chi connectivity index (χ3v) is 3.93. The number of nitrogens with zero attached hydrogens (tertiary/aromatic N) is 3. The number of rotatable bonds is 9. The second kappa shape index (κ2) is 10.2. The van der Waals surface area contributed by atoms with Crippen molar-refractivity contribution in [3.05, 3.63) is 48.0 Å². The maximum Gasteiger partial charge on any atom is 0.387 e. The van der Waals surface area contributed by atoms with E-state index in [1.54, 1.807) is 50.6 Å². The molecular weight excluding hydrogens is 398 g/mol. The lowest BCUT2D eigenvalue weighted by Crippen LogP contribution is -2.36. The highest BCUT2D eigenvalue weighted by Gasteiger charge is 2.16. The molecule has 0 radical (unpaired) electrons. The molecule has 0 fully saturated rings. The number of ether oxygens (including phenoxy) is 2. The molecule has 2 heterocycles. The van der Waals surface area contributed by atoms with Crippen LogP contribution in [0.25, 0.3) is 11.6 Å². The standard InChI is InChI=1S/C19H22F2N6O3/c1-3-28-13-7-4-6-12(16(13)30-18(20)21)10-23-19(22-2)24-11-15-25-17(27-26-15)14-8-5-9-29-14/h4-9,18H,3,10-11H2,1-2H3,(H2,22,23,24)(H,25,26,27). The molecule has 1 aromatic carbocycles. The van der Waals surface area contributed by atoms with Crippen molar-refractivity contribution < 1.29 is 22.7 Å². The first-order valence-electron chi connectivity index (χ1n) is 9.19. The van der Waals surface area contributed by atoms with Gasteiger partial charge in [-0.25, -0.2) is 4.98 Å². The predicted octanol–water partition coefficient (Wildman–Crippen LogP) is 2.93. The number of hydrogen-bond acceptors (Lipinski definition) is 6. The lowest BCUT2D eigenvalue weighted by atomic mass is 10.2. The fourth-order valence-corrected chi connectivity index (χ4v) is 2.65. The van der Waals surface area contributed by atoms with Crippen molar-refractivity contribution in [1.29, 1.82) is 0 Å². The molecule has 2 aromatic heterocycles. The maximum atomic E-state index is 12.8. The third kappa shape index (κ3) is 5.46. The van der Waals surface area contributed by atoms with Gasteiger partial charge in [0, 0.05) is 19.2 Å². The highest BCUT2D eigenvalue weighted by Crippen LogP contribution is 2.32. The number of benzene rings is 1. The quantitative estimate of drug-likeness (QED) is 0.361. The third-order valence-electron chi connectivity index (χ3n) is 3.93. The Kier molecular flexibility index (Phi) is 7.19. The Bertz CT molecular complexity index is 959. The number of aliphatic imine (C=N–C) groups is 1. The van der Waals surface area contributed by atoms with Gasteiger partial charge in [-0.05, 0) is 25.1 Å². The van der Waals surface area contributed by atoms with Crippen molar-refractivity contribution in [1.82, 2.24) is 25.8 Å². The molecule has 9 nitrogen and oxygen atoms in total. The van der Waals surface area contributed by atoms with Crippen LogP contribution in [0.1, 0.15) is 18.3 Å². The van der Waals surface area contributed by atoms with E-state index >= 15 is 0 Å². The summed E-state index contributed by atoms with van der Waals surface area (Å²) in [5.41, 5.74) is 0.504. The van der Waals surface area contributed by atoms with Crippen molar-refractivity contribution in [2.45, 2.75) is 26.6 Å². The molecule has 30 heavy (non-hydrogen) atoms. The zero-order valence-corrected chi connectivity index (χ0v) is 16.5. The number of guanidine groups is 1. The molecule has 160 valence electrons. The lowest BCUT2D eigenvalue weighted by Gasteiger charge is -2.17. The van der Waals surface area contributed by atoms with Crippen molar-refractivity contribution in [3.63, 3.8) is 0 Å². The van der Waals surface area contributed by atoms with E-state index in [-0.39, 0.29) is 18.0 Å². The first kappa shape index (κ1) is 21.1. The topological polar surface area (TPSA) is 110 Å². The molecule has 0 saturated carbocycles. The van der Waals surface area contributed by atoms with Crippen LogP contribution in [0, 0.1) is 0 Å². The van der Waals surface area contributed by atoms with Crippen LogP contribution in [-0.2, 0) is 13.1 Å². The van der Waals surface area contributed by atoms with E-state index in [0.29, 0.717) is 42.1 Å². The van der Waals surface area contributed by atoms with Crippen molar-refractivity contribution in [3.8, 4) is 23.1 Å². The van der Waals surface area contributed by atoms with E-state index in [1.807, 2.05) is 0 Å². The molecule has 3 N–H and O–H groups in total. The molecule has 0 aliphatic rings. The van der Waals surface area contributed by atoms with Crippen LogP contribution >= 0.6 is 0 Å². The van der Waals surface area contributed by atoms with Gasteiger partial charge in [0.2, 0.25) is 5.82 Å². The minimum absolute atomic E-state index is 0.00405. The molecule has 3 aromatic rings. The summed E-state index contributed by atoms with van der Waals surface area (Å²) >= 11 is 0. The fourth-order valence-electron chi connectivity index (χ4n) is 2.65. The van der Waals surface area contributed by atoms with Gasteiger partial charge < -0.3 is 24.5 Å². The fraction of sp³-hybridized carbons (Fsp3) is 0.316. The highest BCUT2D eigenvalue weighted by atomic mass is 19.3. The minimum Gasteiger partial charge on any atom is -0.490 e. The minimum atomic E-state index is -2.96. The zero-order valence-electron chi connectivity index (χ0n) is 16.5. The molecule has 3 rings (SSSR count). The van der Waals surface area contributed by atoms with Crippen LogP contribution in [-0.4, -0.2) is 41.4 Å². The van der Waals surface area contributed by atoms with Gasteiger partial charge in [-0.2, -0.15) is 8.78 Å². The maximum absolute atomic E-state index is 12.8. The van der Waals surface area contributed by atoms with Gasteiger partial charge in [0.05, 0.1) is 19.4 Å². The number of aromatic nitrogens is 3. The predicted molar refractivity (Wildman–Crippen MR) is 105 cm³/mol. The van der Waals surface area contributed by atoms with Crippen LogP contribution in [0.3, 0.4) is 0 Å². The monoisotopic (exact) mass is 420 g/mol. The van der Waals surface area contributed by atoms with Crippen LogP contribution in [0.15, 0.2) is 46.0 Å². The first-order valence-corrected chi connectivity index (χ1v) is 9.19. The molecule has 0 bridgehead atoms. The Morgan fingerprint density at radius 1 is 1.23 bits per heavy atom. The first-order chi connectivity index (χ1) is 14.6. The molecule has 0 amide bonds. The summed E-state index contributed by atoms with van der Waals surface area (Å²) in [5, 5.41) is 13.0. The average Bonchev–Trinajstić information content (AvgIpc) is 3.41. The van der Waals surface area contributed by atoms with E-state index in [4.69, 9.17) is 9.15 Å². The van der Waals surface area contributed by atoms with Gasteiger partial charge in [-0.3, -0.25) is 10.1 Å². The Morgan fingerprint density at radius 3 is 2.77 bits per heavy atom. The summed E-state index contributed by atoms with van der Waals surface area (Å²) in [6.07, 6.45) is 1.54. The Labute approximate surface area is 171 Å². The summed E-state index contributed by atoms with van der Waals surface area (Å²) in [4.78, 5) is 8.45. The SMILES string of the molecule is CCOc1cccc(CNC(=NC)NCc2nc(-c3ccco3)n[nH]2)c1OC(F)F. The molecule has 11 heteroatoms. The second-order valence-electron chi connectivity index (χ2n) is 5.92. The van der Waals surface area contributed by atoms with Gasteiger partial charge in [0.15, 0.2) is 23.2 Å². The second-order valence-corrected chi connectivity index (χ2v) is 5.92. The van der Waals surface area contributed by atoms with Gasteiger partial charge in [-0.15, -0.1) is 5.10 Å². The van der Waals surface area contributed by atoms with Crippen LogP contribution in [0.2, 0.25) is 0 Å². The molecule has 0 saturated heterocycles. The molecule has 0 aliphatic carbocycles. The number of H-pyrrole nitrogens is 1. The van der Waals surface area contributed by atoms with Gasteiger partial charge >= 0.3 is 6.61 Å². The number of furan rings is 1. The summed E-state index contributed by atoms with van der Waals surface area (Å²) in [5.74, 6) is 2.27. The van der Waals surface area contributed by atoms with Gasteiger partial charge in [0.25, 0.3) is 0 Å². The van der Waals surface area contributed by atoms with E-state index in [2.05, 4.69) is 35.5 Å². The van der Waals surface area contributed by atoms with Crippen LogP contribution in [0.5, 0.6) is 11.5 Å². The summed E-state index contributed by atoms with van der Waals surface area (Å²) in [6.45, 7) is -0.359. The van der Waals surface area contributed by atoms with E-state index in [9.17, 15) is 8.78 Å². The normalized spacial score (nSPS) is 11.6. The molecule has 0 atom stereocenters. The molecule has 0 unspecified atom stereocenters. The number of alkyl halides is 2. The Hall–Kier alpha value is -3.63. The molecule has 0 spiro atoms. The Balaban J connectivity index is 1.61. The smallest absolute Gasteiger partial charge is 0.387 e. The Morgan fingerprint density at radius 2 is 2.07 bits per heavy atom. The summed E-state index contributed by atoms with van der Waals surface area (Å²) in [7, 11) is 1.59. The number of hydrogen-bond donors (Lipinski definition) is 3. The van der Waals surface area contributed by atoms with Crippen molar-refractivity contribution in [2.24, 2.45) is 4.99 Å². The number of aromatic amines is 1. The van der Waals surface area contributed by atoms with Crippen molar-refractivity contribution in [2.75, 3.05) is 13.7 Å². The van der Waals surface area contributed by atoms with Crippen LogP contribution < -0.4 is 20.1 Å². The average molecular weight is 420 g/mol. The summed E-state index contributed by atoms with van der Waals surface area (Å²) in [6, 6.07) is 8.48. The molecular formula is C19H22F2N6O3. The number of halogens is 2. The summed E-state index contributed by atoms with van der Waals surface area (Å²) < 4.78 is 41.0. The zero-order chi connectivity index (χ0) is 21.3. The van der Waals surface area contributed by atoms with E-state index in [1.165, 1.54) is 0 Å². The van der Waals surface area contributed by atoms with Gasteiger partial charge in [0.1, 0.15) is 5.82 Å². The highest BCUT2D eigenvalue weighted by molar-refractivity contribution is 5.79. The van der Waals surface area contributed by atoms with Gasteiger partial charge in [-0.1, -0.05) is 12.1 Å². The lowest BCUT2D eigenvalue weighted by molar-refractivity contribution is -0.0520. The van der Waals surface area contributed by atoms with Crippen molar-refractivity contribution >= 4 is 5.96 Å². The van der Waals surface area contributed by atoms with Crippen LogP contribution in [0.4, 0.5) is 8.78 Å².